The van der Waals surface area contributed by atoms with Gasteiger partial charge in [-0.2, -0.15) is 0 Å². The molecule has 0 aliphatic carbocycles. The number of rotatable bonds is 12. The lowest BCUT2D eigenvalue weighted by Crippen LogP contribution is -2.42. The van der Waals surface area contributed by atoms with Gasteiger partial charge in [0.1, 0.15) is 11.8 Å². The highest BCUT2D eigenvalue weighted by Crippen LogP contribution is 2.20. The molecular weight excluding hydrogens is 380 g/mol. The molecule has 1 amide bonds. The van der Waals surface area contributed by atoms with E-state index in [2.05, 4.69) is 17.1 Å². The molecule has 0 heterocycles. The Hall–Kier alpha value is -2.81. The maximum Gasteiger partial charge on any atom is 0.413 e. The van der Waals surface area contributed by atoms with E-state index >= 15 is 0 Å². The van der Waals surface area contributed by atoms with E-state index in [9.17, 15) is 14.4 Å². The fourth-order valence-corrected chi connectivity index (χ4v) is 2.37. The highest BCUT2D eigenvalue weighted by atomic mass is 16.6. The molecule has 164 valence electrons. The highest BCUT2D eigenvalue weighted by Gasteiger charge is 2.22. The Morgan fingerprint density at radius 3 is 2.21 bits per heavy atom. The van der Waals surface area contributed by atoms with Crippen LogP contribution in [0.4, 0.5) is 10.5 Å². The summed E-state index contributed by atoms with van der Waals surface area (Å²) >= 11 is 0. The van der Waals surface area contributed by atoms with Crippen LogP contribution in [0.15, 0.2) is 24.3 Å². The first-order chi connectivity index (χ1) is 13.9. The van der Waals surface area contributed by atoms with Crippen LogP contribution in [0.3, 0.4) is 0 Å². The number of benzene rings is 1. The van der Waals surface area contributed by atoms with Crippen molar-refractivity contribution in [1.29, 1.82) is 0 Å². The topological polar surface area (TPSA) is 125 Å². The molecule has 1 aromatic carbocycles. The van der Waals surface area contributed by atoms with Gasteiger partial charge in [-0.15, -0.1) is 0 Å². The molecule has 1 rings (SSSR count). The van der Waals surface area contributed by atoms with Crippen molar-refractivity contribution >= 4 is 23.7 Å². The van der Waals surface area contributed by atoms with E-state index in [0.29, 0.717) is 6.61 Å². The molecule has 0 unspecified atom stereocenters. The van der Waals surface area contributed by atoms with Gasteiger partial charge in [-0.3, -0.25) is 4.79 Å². The van der Waals surface area contributed by atoms with Crippen LogP contribution >= 0.6 is 0 Å². The number of nitrogens with one attached hydrogen (secondary N) is 1. The number of hydrogen-bond acceptors (Lipinski definition) is 6. The fraction of sp³-hybridized carbons (Fsp3) is 0.550. The molecule has 0 fully saturated rings. The van der Waals surface area contributed by atoms with Crippen molar-refractivity contribution in [2.45, 2.75) is 46.1 Å². The first-order valence-corrected chi connectivity index (χ1v) is 9.64. The Kier molecular flexibility index (Phi) is 13.7. The van der Waals surface area contributed by atoms with E-state index in [4.69, 9.17) is 19.7 Å². The quantitative estimate of drug-likeness (QED) is 0.478. The van der Waals surface area contributed by atoms with Crippen molar-refractivity contribution < 1.29 is 34.1 Å². The summed E-state index contributed by atoms with van der Waals surface area (Å²) < 4.78 is 10.2. The number of aliphatic carboxylic acids is 2. The van der Waals surface area contributed by atoms with Crippen molar-refractivity contribution in [3.8, 4) is 5.75 Å². The number of carbonyl (C=O) groups excluding carboxylic acids is 1. The third kappa shape index (κ3) is 10.9. The van der Waals surface area contributed by atoms with Gasteiger partial charge in [0.25, 0.3) is 0 Å². The summed E-state index contributed by atoms with van der Waals surface area (Å²) in [5.74, 6) is -2.21. The van der Waals surface area contributed by atoms with Gasteiger partial charge < -0.3 is 29.9 Å². The Balaban J connectivity index is 0.00000379. The van der Waals surface area contributed by atoms with Crippen LogP contribution in [0.5, 0.6) is 5.75 Å². The molecule has 9 nitrogen and oxygen atoms in total. The van der Waals surface area contributed by atoms with Crippen LogP contribution in [0, 0.1) is 0 Å². The summed E-state index contributed by atoms with van der Waals surface area (Å²) in [7, 11) is 1.64. The Bertz CT molecular complexity index is 620. The normalized spacial score (nSPS) is 10.9. The SMILES string of the molecule is CC.CCCN(CCOC)c1ccc(OC(=O)N[C@@H](CCC(=O)O)C(=O)O)cc1. The second-order valence-corrected chi connectivity index (χ2v) is 5.83. The summed E-state index contributed by atoms with van der Waals surface area (Å²) in [4.78, 5) is 35.6. The molecule has 0 saturated carbocycles. The number of anilines is 1. The second-order valence-electron chi connectivity index (χ2n) is 5.83. The van der Waals surface area contributed by atoms with Gasteiger partial charge in [-0.25, -0.2) is 9.59 Å². The van der Waals surface area contributed by atoms with Gasteiger partial charge in [0.2, 0.25) is 0 Å². The number of ether oxygens (including phenoxy) is 2. The zero-order chi connectivity index (χ0) is 22.2. The maximum absolute atomic E-state index is 11.9. The average Bonchev–Trinajstić information content (AvgIpc) is 2.70. The molecule has 1 aromatic rings. The number of nitrogens with zero attached hydrogens (tertiary/aromatic N) is 1. The molecule has 0 aromatic heterocycles. The van der Waals surface area contributed by atoms with E-state index in [0.717, 1.165) is 25.2 Å². The summed E-state index contributed by atoms with van der Waals surface area (Å²) in [5.41, 5.74) is 0.950. The predicted molar refractivity (Wildman–Crippen MR) is 110 cm³/mol. The molecule has 3 N–H and O–H groups in total. The predicted octanol–water partition coefficient (Wildman–Crippen LogP) is 2.98. The number of methoxy groups -OCH3 is 1. The monoisotopic (exact) mass is 412 g/mol. The molecule has 0 spiro atoms. The van der Waals surface area contributed by atoms with Crippen LogP contribution < -0.4 is 15.0 Å². The van der Waals surface area contributed by atoms with Gasteiger partial charge in [-0.05, 0) is 37.1 Å². The minimum absolute atomic E-state index is 0.232. The van der Waals surface area contributed by atoms with E-state index in [1.165, 1.54) is 0 Å². The minimum Gasteiger partial charge on any atom is -0.481 e. The Labute approximate surface area is 171 Å². The molecule has 29 heavy (non-hydrogen) atoms. The molecule has 0 aliphatic rings. The molecule has 0 aliphatic heterocycles. The molecular formula is C20H32N2O7. The molecule has 9 heteroatoms. The number of carbonyl (C=O) groups is 3. The number of amides is 1. The standard InChI is InChI=1S/C18H26N2O7.C2H6/c1-3-10-20(11-12-26-2)13-4-6-14(7-5-13)27-18(25)19-15(17(23)24)8-9-16(21)22;1-2/h4-7,15H,3,8-12H2,1-2H3,(H,19,25)(H,21,22)(H,23,24);1-2H3/t15-;/m0./s1. The van der Waals surface area contributed by atoms with Crippen LogP contribution in [-0.2, 0) is 14.3 Å². The van der Waals surface area contributed by atoms with Crippen LogP contribution in [0.2, 0.25) is 0 Å². The average molecular weight is 412 g/mol. The lowest BCUT2D eigenvalue weighted by molar-refractivity contribution is -0.140. The zero-order valence-electron chi connectivity index (χ0n) is 17.5. The van der Waals surface area contributed by atoms with Gasteiger partial charge in [0.15, 0.2) is 0 Å². The van der Waals surface area contributed by atoms with Gasteiger partial charge in [0.05, 0.1) is 6.61 Å². The Morgan fingerprint density at radius 1 is 1.10 bits per heavy atom. The molecule has 0 radical (unpaired) electrons. The summed E-state index contributed by atoms with van der Waals surface area (Å²) in [5, 5.41) is 19.8. The van der Waals surface area contributed by atoms with E-state index in [1.54, 1.807) is 31.4 Å². The van der Waals surface area contributed by atoms with E-state index < -0.39 is 24.1 Å². The van der Waals surface area contributed by atoms with Gasteiger partial charge >= 0.3 is 18.0 Å². The Morgan fingerprint density at radius 2 is 1.72 bits per heavy atom. The van der Waals surface area contributed by atoms with Crippen molar-refractivity contribution in [2.24, 2.45) is 0 Å². The highest BCUT2D eigenvalue weighted by molar-refractivity contribution is 5.81. The van der Waals surface area contributed by atoms with Gasteiger partial charge in [-0.1, -0.05) is 20.8 Å². The third-order valence-electron chi connectivity index (χ3n) is 3.71. The second kappa shape index (κ2) is 15.2. The summed E-state index contributed by atoms with van der Waals surface area (Å²) in [6.45, 7) is 8.25. The number of carboxylic acids is 2. The summed E-state index contributed by atoms with van der Waals surface area (Å²) in [6.07, 6.45) is -0.590. The van der Waals surface area contributed by atoms with Crippen LogP contribution in [0.25, 0.3) is 0 Å². The van der Waals surface area contributed by atoms with Crippen molar-refractivity contribution in [2.75, 3.05) is 31.7 Å². The lowest BCUT2D eigenvalue weighted by atomic mass is 10.1. The zero-order valence-corrected chi connectivity index (χ0v) is 17.5. The van der Waals surface area contributed by atoms with E-state index in [1.807, 2.05) is 13.8 Å². The van der Waals surface area contributed by atoms with Gasteiger partial charge in [0, 0.05) is 32.3 Å². The lowest BCUT2D eigenvalue weighted by Gasteiger charge is -2.24. The van der Waals surface area contributed by atoms with Crippen molar-refractivity contribution in [3.05, 3.63) is 24.3 Å². The largest absolute Gasteiger partial charge is 0.481 e. The molecule has 0 bridgehead atoms. The minimum atomic E-state index is -1.33. The molecule has 0 saturated heterocycles. The maximum atomic E-state index is 11.9. The number of hydrogen-bond donors (Lipinski definition) is 3. The smallest absolute Gasteiger partial charge is 0.413 e. The third-order valence-corrected chi connectivity index (χ3v) is 3.71. The van der Waals surface area contributed by atoms with Crippen molar-refractivity contribution in [1.82, 2.24) is 5.32 Å². The van der Waals surface area contributed by atoms with E-state index in [-0.39, 0.29) is 18.6 Å². The fourth-order valence-electron chi connectivity index (χ4n) is 2.37. The molecule has 1 atom stereocenters. The van der Waals surface area contributed by atoms with Crippen LogP contribution in [-0.4, -0.2) is 61.1 Å². The number of carboxylic acid groups (broad SMARTS) is 2. The van der Waals surface area contributed by atoms with Crippen molar-refractivity contribution in [3.63, 3.8) is 0 Å². The summed E-state index contributed by atoms with van der Waals surface area (Å²) in [6, 6.07) is 5.48. The first-order valence-electron chi connectivity index (χ1n) is 9.64. The first kappa shape index (κ1) is 26.2. The van der Waals surface area contributed by atoms with Crippen LogP contribution in [0.1, 0.15) is 40.0 Å².